The van der Waals surface area contributed by atoms with Crippen molar-refractivity contribution in [1.29, 1.82) is 0 Å². The van der Waals surface area contributed by atoms with Crippen molar-refractivity contribution in [2.24, 2.45) is 5.92 Å². The molecular formula is C27H39N3S. The molecule has 168 valence electrons. The molecule has 1 aliphatic heterocycles. The molecule has 2 heterocycles. The summed E-state index contributed by atoms with van der Waals surface area (Å²) >= 11 is 1.77. The van der Waals surface area contributed by atoms with Crippen LogP contribution < -0.4 is 15.8 Å². The minimum atomic E-state index is 0.509. The highest BCUT2D eigenvalue weighted by Crippen LogP contribution is 2.26. The Morgan fingerprint density at radius 3 is 2.55 bits per heavy atom. The van der Waals surface area contributed by atoms with Gasteiger partial charge in [0, 0.05) is 22.7 Å². The Hall–Kier alpha value is -2.04. The highest BCUT2D eigenvalue weighted by atomic mass is 32.2. The van der Waals surface area contributed by atoms with E-state index in [1.165, 1.54) is 20.9 Å². The summed E-state index contributed by atoms with van der Waals surface area (Å²) in [6.07, 6.45) is 17.4. The van der Waals surface area contributed by atoms with E-state index in [9.17, 15) is 0 Å². The van der Waals surface area contributed by atoms with Crippen LogP contribution in [0.5, 0.6) is 0 Å². The normalized spacial score (nSPS) is 18.2. The first kappa shape index (κ1) is 25.2. The number of thioether (sulfide) groups is 1. The molecule has 1 fully saturated rings. The smallest absolute Gasteiger partial charge is 0.130 e. The Bertz CT molecular complexity index is 932. The van der Waals surface area contributed by atoms with Crippen molar-refractivity contribution in [2.75, 3.05) is 25.5 Å². The molecule has 0 saturated carbocycles. The van der Waals surface area contributed by atoms with Crippen LogP contribution in [0.1, 0.15) is 53.4 Å². The molecule has 0 bridgehead atoms. The molecule has 2 rings (SSSR count). The largest absolute Gasteiger partial charge is 0.344 e. The maximum absolute atomic E-state index is 4.68. The first-order chi connectivity index (χ1) is 15.0. The molecule has 3 nitrogen and oxygen atoms in total. The highest BCUT2D eigenvalue weighted by Gasteiger charge is 2.19. The van der Waals surface area contributed by atoms with Gasteiger partial charge in [0.15, 0.2) is 0 Å². The number of anilines is 1. The number of rotatable bonds is 9. The Morgan fingerprint density at radius 1 is 1.19 bits per heavy atom. The summed E-state index contributed by atoms with van der Waals surface area (Å²) in [5.41, 5.74) is 2.31. The maximum atomic E-state index is 4.68. The zero-order valence-electron chi connectivity index (χ0n) is 19.9. The molecule has 1 aromatic rings. The first-order valence-electron chi connectivity index (χ1n) is 11.5. The molecule has 0 aliphatic carbocycles. The molecule has 1 saturated heterocycles. The molecule has 31 heavy (non-hydrogen) atoms. The zero-order chi connectivity index (χ0) is 22.6. The molecule has 0 spiro atoms. The second-order valence-electron chi connectivity index (χ2n) is 7.98. The summed E-state index contributed by atoms with van der Waals surface area (Å²) in [7, 11) is 2.19. The summed E-state index contributed by atoms with van der Waals surface area (Å²) < 4.78 is 0. The van der Waals surface area contributed by atoms with Crippen molar-refractivity contribution in [1.82, 2.24) is 9.88 Å². The molecule has 1 aliphatic rings. The quantitative estimate of drug-likeness (QED) is 0.492. The fourth-order valence-corrected chi connectivity index (χ4v) is 4.56. The predicted octanol–water partition coefficient (Wildman–Crippen LogP) is 5.83. The van der Waals surface area contributed by atoms with Gasteiger partial charge in [-0.15, -0.1) is 0 Å². The van der Waals surface area contributed by atoms with Crippen LogP contribution in [0.2, 0.25) is 0 Å². The Morgan fingerprint density at radius 2 is 1.94 bits per heavy atom. The van der Waals surface area contributed by atoms with Gasteiger partial charge in [0.05, 0.1) is 0 Å². The third-order valence-corrected chi connectivity index (χ3v) is 6.64. The summed E-state index contributed by atoms with van der Waals surface area (Å²) in [5, 5.41) is 8.03. The van der Waals surface area contributed by atoms with Crippen LogP contribution in [0.3, 0.4) is 0 Å². The lowest BCUT2D eigenvalue weighted by Crippen LogP contribution is -2.32. The Labute approximate surface area is 193 Å². The lowest BCUT2D eigenvalue weighted by atomic mass is 9.94. The number of likely N-dealkylation sites (tertiary alicyclic amines) is 1. The van der Waals surface area contributed by atoms with E-state index in [-0.39, 0.29) is 0 Å². The third-order valence-electron chi connectivity index (χ3n) is 5.59. The molecular weight excluding hydrogens is 398 g/mol. The number of allylic oxidation sites excluding steroid dienone is 5. The van der Waals surface area contributed by atoms with Gasteiger partial charge in [0.25, 0.3) is 0 Å². The van der Waals surface area contributed by atoms with Crippen LogP contribution in [-0.2, 0) is 0 Å². The van der Waals surface area contributed by atoms with Crippen LogP contribution in [0, 0.1) is 5.92 Å². The number of hydrogen-bond donors (Lipinski definition) is 1. The lowest BCUT2D eigenvalue weighted by molar-refractivity contribution is 0.239. The minimum absolute atomic E-state index is 0.509. The lowest BCUT2D eigenvalue weighted by Gasteiger charge is -2.30. The van der Waals surface area contributed by atoms with Gasteiger partial charge in [0.1, 0.15) is 5.82 Å². The first-order valence-corrected chi connectivity index (χ1v) is 12.4. The van der Waals surface area contributed by atoms with Gasteiger partial charge >= 0.3 is 0 Å². The molecule has 0 unspecified atom stereocenters. The van der Waals surface area contributed by atoms with Gasteiger partial charge in [-0.05, 0) is 93.2 Å². The van der Waals surface area contributed by atoms with E-state index in [4.69, 9.17) is 0 Å². The van der Waals surface area contributed by atoms with Crippen LogP contribution >= 0.6 is 11.8 Å². The number of nitrogens with zero attached hydrogens (tertiary/aromatic N) is 2. The fourth-order valence-electron chi connectivity index (χ4n) is 3.67. The van der Waals surface area contributed by atoms with Crippen molar-refractivity contribution in [2.45, 2.75) is 53.4 Å². The van der Waals surface area contributed by atoms with Gasteiger partial charge in [-0.2, -0.15) is 0 Å². The van der Waals surface area contributed by atoms with Crippen molar-refractivity contribution < 1.29 is 0 Å². The molecule has 0 aromatic carbocycles. The summed E-state index contributed by atoms with van der Waals surface area (Å²) in [4.78, 5) is 8.33. The summed E-state index contributed by atoms with van der Waals surface area (Å²) in [6, 6.07) is 2.16. The topological polar surface area (TPSA) is 28.2 Å². The van der Waals surface area contributed by atoms with Crippen LogP contribution in [0.25, 0.3) is 12.2 Å². The monoisotopic (exact) mass is 437 g/mol. The van der Waals surface area contributed by atoms with E-state index in [2.05, 4.69) is 98.4 Å². The van der Waals surface area contributed by atoms with E-state index < -0.39 is 0 Å². The number of piperidine rings is 1. The summed E-state index contributed by atoms with van der Waals surface area (Å²) in [6.45, 7) is 15.1. The van der Waals surface area contributed by atoms with Crippen molar-refractivity contribution >= 4 is 29.7 Å². The molecule has 0 radical (unpaired) electrons. The predicted molar refractivity (Wildman–Crippen MR) is 140 cm³/mol. The molecule has 4 heteroatoms. The van der Waals surface area contributed by atoms with Gasteiger partial charge in [-0.1, -0.05) is 56.5 Å². The Balaban J connectivity index is 2.33. The van der Waals surface area contributed by atoms with Crippen molar-refractivity contribution in [3.05, 3.63) is 69.1 Å². The fraction of sp³-hybridized carbons (Fsp3) is 0.444. The van der Waals surface area contributed by atoms with Gasteiger partial charge in [-0.25, -0.2) is 4.98 Å². The molecule has 1 N–H and O–H groups in total. The van der Waals surface area contributed by atoms with Crippen LogP contribution in [-0.4, -0.2) is 30.0 Å². The Kier molecular flexibility index (Phi) is 10.9. The summed E-state index contributed by atoms with van der Waals surface area (Å²) in [5.74, 6) is 1.38. The van der Waals surface area contributed by atoms with E-state index in [0.717, 1.165) is 50.3 Å². The van der Waals surface area contributed by atoms with E-state index in [1.54, 1.807) is 11.8 Å². The van der Waals surface area contributed by atoms with E-state index in [0.29, 0.717) is 5.92 Å². The molecule has 1 aromatic heterocycles. The molecule has 0 atom stereocenters. The van der Waals surface area contributed by atoms with Gasteiger partial charge in [0.2, 0.25) is 0 Å². The number of nitrogens with one attached hydrogen (secondary N) is 1. The van der Waals surface area contributed by atoms with Gasteiger partial charge < -0.3 is 10.2 Å². The maximum Gasteiger partial charge on any atom is 0.130 e. The second-order valence-corrected chi connectivity index (χ2v) is 8.93. The SMILES string of the molecule is C=C(Nc1cc(=C/C(=C\C)C(=C/C)/S/C=C/CC)/c(=C/CC)cn1)C1CCN(C)CC1. The van der Waals surface area contributed by atoms with Crippen LogP contribution in [0.15, 0.2) is 58.7 Å². The average molecular weight is 438 g/mol. The number of pyridine rings is 1. The van der Waals surface area contributed by atoms with E-state index >= 15 is 0 Å². The van der Waals surface area contributed by atoms with Crippen molar-refractivity contribution in [3.8, 4) is 0 Å². The molecule has 0 amide bonds. The van der Waals surface area contributed by atoms with E-state index in [1.807, 2.05) is 6.20 Å². The standard InChI is InChI=1S/C27H39N3S/c1-7-11-17-31-26(10-4)22(9-3)18-25-19-27(28-20-24(25)12-8-2)29-21(5)23-13-15-30(6)16-14-23/h9-12,17-20,23,29H,5,7-8,13-16H2,1-4,6H3/b17-11+,22-9+,24-12+,25-18-,26-10-. The number of aromatic nitrogens is 1. The van der Waals surface area contributed by atoms with Crippen LogP contribution in [0.4, 0.5) is 5.82 Å². The average Bonchev–Trinajstić information content (AvgIpc) is 2.77. The highest BCUT2D eigenvalue weighted by molar-refractivity contribution is 8.06. The van der Waals surface area contributed by atoms with Crippen molar-refractivity contribution in [3.63, 3.8) is 0 Å². The second kappa shape index (κ2) is 13.4. The number of hydrogen-bond acceptors (Lipinski definition) is 4. The zero-order valence-corrected chi connectivity index (χ0v) is 20.8. The third kappa shape index (κ3) is 7.86. The minimum Gasteiger partial charge on any atom is -0.344 e. The van der Waals surface area contributed by atoms with Gasteiger partial charge in [-0.3, -0.25) is 0 Å².